The first kappa shape index (κ1) is 17.2. The second-order valence-electron chi connectivity index (χ2n) is 5.76. The molecule has 0 saturated heterocycles. The van der Waals surface area contributed by atoms with Crippen LogP contribution in [0.4, 0.5) is 0 Å². The summed E-state index contributed by atoms with van der Waals surface area (Å²) in [5, 5.41) is 4.06. The molecule has 0 aliphatic rings. The van der Waals surface area contributed by atoms with Crippen LogP contribution in [0.1, 0.15) is 17.3 Å². The smallest absolute Gasteiger partial charge is 0.236 e. The molecule has 5 nitrogen and oxygen atoms in total. The van der Waals surface area contributed by atoms with E-state index in [1.807, 2.05) is 55.5 Å². The summed E-state index contributed by atoms with van der Waals surface area (Å²) in [5.74, 6) is 2.59. The van der Waals surface area contributed by atoms with Crippen LogP contribution in [-0.2, 0) is 11.5 Å². The van der Waals surface area contributed by atoms with Crippen molar-refractivity contribution in [1.29, 1.82) is 0 Å². The van der Waals surface area contributed by atoms with Crippen LogP contribution in [0.3, 0.4) is 0 Å². The molecule has 0 unspecified atom stereocenters. The molecule has 0 spiro atoms. The average Bonchev–Trinajstić information content (AvgIpc) is 3.11. The Hall–Kier alpha value is -2.25. The minimum atomic E-state index is 0.601. The SMILES string of the molecule is Cc1nc2ccccc2nc1CSCc1nc(-c2cccc(Br)c2)no1. The van der Waals surface area contributed by atoms with Gasteiger partial charge in [0.1, 0.15) is 0 Å². The van der Waals surface area contributed by atoms with E-state index in [0.29, 0.717) is 17.5 Å². The molecule has 0 amide bonds. The van der Waals surface area contributed by atoms with Crippen LogP contribution in [0.15, 0.2) is 57.5 Å². The fraction of sp³-hybridized carbons (Fsp3) is 0.158. The first-order valence-corrected chi connectivity index (χ1v) is 10.0. The number of halogens is 1. The fourth-order valence-electron chi connectivity index (χ4n) is 2.55. The second kappa shape index (κ2) is 7.55. The molecule has 2 aromatic carbocycles. The Balaban J connectivity index is 1.43. The molecule has 0 bridgehead atoms. The van der Waals surface area contributed by atoms with Crippen molar-refractivity contribution >= 4 is 38.7 Å². The Morgan fingerprint density at radius 1 is 0.962 bits per heavy atom. The van der Waals surface area contributed by atoms with Gasteiger partial charge in [0.05, 0.1) is 28.2 Å². The number of fused-ring (bicyclic) bond motifs is 1. The van der Waals surface area contributed by atoms with E-state index in [1.165, 1.54) is 0 Å². The molecule has 0 N–H and O–H groups in total. The zero-order valence-electron chi connectivity index (χ0n) is 14.0. The Bertz CT molecular complexity index is 1070. The van der Waals surface area contributed by atoms with E-state index >= 15 is 0 Å². The van der Waals surface area contributed by atoms with Crippen molar-refractivity contribution in [3.05, 3.63) is 70.3 Å². The van der Waals surface area contributed by atoms with Crippen molar-refractivity contribution in [3.63, 3.8) is 0 Å². The molecule has 0 aliphatic carbocycles. The zero-order valence-corrected chi connectivity index (χ0v) is 16.4. The summed E-state index contributed by atoms with van der Waals surface area (Å²) in [6, 6.07) is 15.8. The van der Waals surface area contributed by atoms with Crippen molar-refractivity contribution < 1.29 is 4.52 Å². The lowest BCUT2D eigenvalue weighted by molar-refractivity contribution is 0.391. The summed E-state index contributed by atoms with van der Waals surface area (Å²) in [5.41, 5.74) is 4.71. The molecule has 0 radical (unpaired) electrons. The van der Waals surface area contributed by atoms with E-state index in [-0.39, 0.29) is 0 Å². The van der Waals surface area contributed by atoms with Gasteiger partial charge in [0.2, 0.25) is 11.7 Å². The maximum absolute atomic E-state index is 5.36. The molecule has 26 heavy (non-hydrogen) atoms. The lowest BCUT2D eigenvalue weighted by atomic mass is 10.2. The van der Waals surface area contributed by atoms with Gasteiger partial charge in [-0.2, -0.15) is 4.98 Å². The fourth-order valence-corrected chi connectivity index (χ4v) is 3.81. The van der Waals surface area contributed by atoms with Gasteiger partial charge in [-0.05, 0) is 31.2 Å². The normalized spacial score (nSPS) is 11.2. The van der Waals surface area contributed by atoms with Crippen molar-refractivity contribution in [2.75, 3.05) is 0 Å². The van der Waals surface area contributed by atoms with Crippen molar-refractivity contribution in [3.8, 4) is 11.4 Å². The highest BCUT2D eigenvalue weighted by Gasteiger charge is 2.10. The number of hydrogen-bond donors (Lipinski definition) is 0. The molecule has 0 saturated carbocycles. The number of para-hydroxylation sites is 2. The summed E-state index contributed by atoms with van der Waals surface area (Å²) < 4.78 is 6.35. The number of hydrogen-bond acceptors (Lipinski definition) is 6. The van der Waals surface area contributed by atoms with E-state index in [9.17, 15) is 0 Å². The maximum Gasteiger partial charge on any atom is 0.236 e. The van der Waals surface area contributed by atoms with Gasteiger partial charge >= 0.3 is 0 Å². The van der Waals surface area contributed by atoms with Gasteiger partial charge in [-0.15, -0.1) is 11.8 Å². The van der Waals surface area contributed by atoms with Crippen molar-refractivity contribution in [2.45, 2.75) is 18.4 Å². The number of thioether (sulfide) groups is 1. The van der Waals surface area contributed by atoms with Gasteiger partial charge in [0, 0.05) is 15.8 Å². The Morgan fingerprint density at radius 2 is 1.77 bits per heavy atom. The van der Waals surface area contributed by atoms with Gasteiger partial charge in [-0.25, -0.2) is 9.97 Å². The van der Waals surface area contributed by atoms with E-state index in [1.54, 1.807) is 11.8 Å². The quantitative estimate of drug-likeness (QED) is 0.437. The van der Waals surface area contributed by atoms with E-state index in [4.69, 9.17) is 9.51 Å². The third-order valence-electron chi connectivity index (χ3n) is 3.86. The molecule has 0 aliphatic heterocycles. The first-order valence-electron chi connectivity index (χ1n) is 8.07. The molecule has 0 fully saturated rings. The summed E-state index contributed by atoms with van der Waals surface area (Å²) in [4.78, 5) is 13.8. The predicted octanol–water partition coefficient (Wildman–Crippen LogP) is 5.18. The van der Waals surface area contributed by atoms with E-state index in [2.05, 4.69) is 31.1 Å². The molecule has 2 aromatic heterocycles. The largest absolute Gasteiger partial charge is 0.338 e. The molecular formula is C19H15BrN4OS. The molecular weight excluding hydrogens is 412 g/mol. The number of benzene rings is 2. The third-order valence-corrected chi connectivity index (χ3v) is 5.28. The summed E-state index contributed by atoms with van der Waals surface area (Å²) in [7, 11) is 0. The van der Waals surface area contributed by atoms with Gasteiger partial charge in [-0.3, -0.25) is 0 Å². The van der Waals surface area contributed by atoms with Gasteiger partial charge in [-0.1, -0.05) is 45.4 Å². The number of rotatable bonds is 5. The van der Waals surface area contributed by atoms with Crippen LogP contribution in [0, 0.1) is 6.92 Å². The number of aromatic nitrogens is 4. The van der Waals surface area contributed by atoms with Crippen LogP contribution >= 0.6 is 27.7 Å². The number of nitrogens with zero attached hydrogens (tertiary/aromatic N) is 4. The van der Waals surface area contributed by atoms with Crippen LogP contribution in [0.5, 0.6) is 0 Å². The molecule has 4 aromatic rings. The standard InChI is InChI=1S/C19H15BrN4OS/c1-12-17(22-16-8-3-2-7-15(16)21-12)10-26-11-18-23-19(24-25-18)13-5-4-6-14(20)9-13/h2-9H,10-11H2,1H3. The Morgan fingerprint density at radius 3 is 2.58 bits per heavy atom. The summed E-state index contributed by atoms with van der Waals surface area (Å²) >= 11 is 5.14. The molecule has 130 valence electrons. The molecule has 0 atom stereocenters. The van der Waals surface area contributed by atoms with Crippen LogP contribution in [-0.4, -0.2) is 20.1 Å². The summed E-state index contributed by atoms with van der Waals surface area (Å²) in [6.07, 6.45) is 0. The zero-order chi connectivity index (χ0) is 17.9. The highest BCUT2D eigenvalue weighted by molar-refractivity contribution is 9.10. The Labute approximate surface area is 163 Å². The summed E-state index contributed by atoms with van der Waals surface area (Å²) in [6.45, 7) is 1.99. The van der Waals surface area contributed by atoms with Crippen molar-refractivity contribution in [1.82, 2.24) is 20.1 Å². The van der Waals surface area contributed by atoms with Crippen LogP contribution in [0.2, 0.25) is 0 Å². The van der Waals surface area contributed by atoms with E-state index in [0.717, 1.165) is 38.2 Å². The molecule has 7 heteroatoms. The van der Waals surface area contributed by atoms with Gasteiger partial charge in [0.25, 0.3) is 0 Å². The monoisotopic (exact) mass is 426 g/mol. The number of aryl methyl sites for hydroxylation is 1. The van der Waals surface area contributed by atoms with Gasteiger partial charge < -0.3 is 4.52 Å². The minimum Gasteiger partial charge on any atom is -0.338 e. The Kier molecular flexibility index (Phi) is 4.99. The predicted molar refractivity (Wildman–Crippen MR) is 107 cm³/mol. The van der Waals surface area contributed by atoms with Crippen molar-refractivity contribution in [2.24, 2.45) is 0 Å². The van der Waals surface area contributed by atoms with Crippen LogP contribution < -0.4 is 0 Å². The average molecular weight is 427 g/mol. The third kappa shape index (κ3) is 3.78. The highest BCUT2D eigenvalue weighted by atomic mass is 79.9. The molecule has 2 heterocycles. The maximum atomic E-state index is 5.36. The lowest BCUT2D eigenvalue weighted by Gasteiger charge is -2.05. The second-order valence-corrected chi connectivity index (χ2v) is 7.66. The van der Waals surface area contributed by atoms with E-state index < -0.39 is 0 Å². The first-order chi connectivity index (χ1) is 12.7. The van der Waals surface area contributed by atoms with Crippen LogP contribution in [0.25, 0.3) is 22.4 Å². The van der Waals surface area contributed by atoms with Gasteiger partial charge in [0.15, 0.2) is 0 Å². The topological polar surface area (TPSA) is 64.7 Å². The molecule has 4 rings (SSSR count). The minimum absolute atomic E-state index is 0.601. The lowest BCUT2D eigenvalue weighted by Crippen LogP contribution is -1.97. The highest BCUT2D eigenvalue weighted by Crippen LogP contribution is 2.23.